The van der Waals surface area contributed by atoms with Crippen LogP contribution in [0.4, 0.5) is 5.13 Å². The van der Waals surface area contributed by atoms with Crippen LogP contribution >= 0.6 is 27.3 Å². The Morgan fingerprint density at radius 2 is 1.76 bits per heavy atom. The molecule has 5 N–H and O–H groups in total. The monoisotopic (exact) mass is 588 g/mol. The van der Waals surface area contributed by atoms with Crippen molar-refractivity contribution < 1.29 is 25.2 Å². The molecule has 1 amide bonds. The zero-order chi connectivity index (χ0) is 26.9. The van der Waals surface area contributed by atoms with E-state index in [-0.39, 0.29) is 5.13 Å². The lowest BCUT2D eigenvalue weighted by atomic mass is 10.1. The van der Waals surface area contributed by atoms with Crippen LogP contribution < -0.4 is 10.9 Å². The van der Waals surface area contributed by atoms with Crippen molar-refractivity contribution in [3.63, 3.8) is 0 Å². The van der Waals surface area contributed by atoms with E-state index in [4.69, 9.17) is 5.11 Å². The summed E-state index contributed by atoms with van der Waals surface area (Å²) in [6.07, 6.45) is -4.91. The molecule has 4 aromatic rings. The summed E-state index contributed by atoms with van der Waals surface area (Å²) >= 11 is 4.58. The lowest BCUT2D eigenvalue weighted by molar-refractivity contribution is -0.0805. The predicted molar refractivity (Wildman–Crippen MR) is 144 cm³/mol. The molecule has 0 radical (unpaired) electrons. The fourth-order valence-corrected chi connectivity index (χ4v) is 4.71. The van der Waals surface area contributed by atoms with Gasteiger partial charge in [0.05, 0.1) is 29.9 Å². The molecule has 0 fully saturated rings. The third-order valence-corrected chi connectivity index (χ3v) is 7.27. The second kappa shape index (κ2) is 11.2. The molecule has 0 spiro atoms. The molecular weight excluding hydrogens is 564 g/mol. The van der Waals surface area contributed by atoms with Crippen molar-refractivity contribution in [2.45, 2.75) is 38.7 Å². The van der Waals surface area contributed by atoms with Crippen LogP contribution in [0.3, 0.4) is 0 Å². The van der Waals surface area contributed by atoms with E-state index in [9.17, 15) is 24.9 Å². The summed E-state index contributed by atoms with van der Waals surface area (Å²) in [6.45, 7) is 2.49. The Hall–Kier alpha value is -3.00. The van der Waals surface area contributed by atoms with Gasteiger partial charge in [0.2, 0.25) is 0 Å². The molecule has 0 aliphatic carbocycles. The lowest BCUT2D eigenvalue weighted by Gasteiger charge is -2.23. The fourth-order valence-electron chi connectivity index (χ4n) is 3.73. The number of nitrogens with zero attached hydrogens (tertiary/aromatic N) is 3. The highest BCUT2D eigenvalue weighted by molar-refractivity contribution is 9.10. The maximum atomic E-state index is 13.4. The minimum atomic E-state index is -1.71. The van der Waals surface area contributed by atoms with Gasteiger partial charge in [0.15, 0.2) is 10.8 Å². The van der Waals surface area contributed by atoms with Crippen molar-refractivity contribution in [1.29, 1.82) is 0 Å². The van der Waals surface area contributed by atoms with Crippen molar-refractivity contribution in [3.8, 4) is 11.3 Å². The van der Waals surface area contributed by atoms with E-state index in [1.807, 2.05) is 38.1 Å². The van der Waals surface area contributed by atoms with Gasteiger partial charge in [-0.15, -0.1) is 11.3 Å². The Labute approximate surface area is 224 Å². The highest BCUT2D eigenvalue weighted by Crippen LogP contribution is 2.26. The molecule has 2 aromatic heterocycles. The minimum Gasteiger partial charge on any atom is -0.394 e. The zero-order valence-electron chi connectivity index (χ0n) is 19.9. The first-order valence-electron chi connectivity index (χ1n) is 11.3. The van der Waals surface area contributed by atoms with E-state index in [0.717, 1.165) is 25.7 Å². The summed E-state index contributed by atoms with van der Waals surface area (Å²) in [6, 6.07) is 10.9. The van der Waals surface area contributed by atoms with Gasteiger partial charge < -0.3 is 25.0 Å². The molecule has 194 valence electrons. The first kappa shape index (κ1) is 27.0. The quantitative estimate of drug-likeness (QED) is 0.209. The van der Waals surface area contributed by atoms with Crippen molar-refractivity contribution in [1.82, 2.24) is 14.5 Å². The Kier molecular flexibility index (Phi) is 8.17. The number of carbonyl (C=O) groups is 1. The summed E-state index contributed by atoms with van der Waals surface area (Å²) in [4.78, 5) is 35.2. The number of benzene rings is 2. The molecule has 2 aromatic carbocycles. The first-order chi connectivity index (χ1) is 17.6. The van der Waals surface area contributed by atoms with E-state index in [1.165, 1.54) is 11.3 Å². The third kappa shape index (κ3) is 5.79. The minimum absolute atomic E-state index is 0.275. The van der Waals surface area contributed by atoms with Crippen molar-refractivity contribution in [2.24, 2.45) is 0 Å². The molecule has 0 saturated heterocycles. The largest absolute Gasteiger partial charge is 0.394 e. The maximum Gasteiger partial charge on any atom is 0.282 e. The van der Waals surface area contributed by atoms with Crippen molar-refractivity contribution in [3.05, 3.63) is 73.4 Å². The molecule has 0 aliphatic heterocycles. The van der Waals surface area contributed by atoms with Crippen LogP contribution in [0.1, 0.15) is 21.6 Å². The molecule has 3 atom stereocenters. The molecule has 0 aliphatic rings. The number of rotatable bonds is 8. The van der Waals surface area contributed by atoms with Crippen LogP contribution in [0.25, 0.3) is 22.3 Å². The number of hydrogen-bond acceptors (Lipinski definition) is 9. The van der Waals surface area contributed by atoms with Crippen molar-refractivity contribution >= 4 is 49.3 Å². The second-order valence-corrected chi connectivity index (χ2v) is 10.4. The summed E-state index contributed by atoms with van der Waals surface area (Å²) < 4.78 is 2.06. The average Bonchev–Trinajstić information content (AvgIpc) is 3.34. The van der Waals surface area contributed by atoms with Crippen LogP contribution in [0, 0.1) is 13.8 Å². The normalized spacial score (nSPS) is 13.9. The van der Waals surface area contributed by atoms with E-state index in [0.29, 0.717) is 16.7 Å². The number of amides is 1. The number of aromatic nitrogens is 3. The van der Waals surface area contributed by atoms with Gasteiger partial charge in [0.1, 0.15) is 18.3 Å². The van der Waals surface area contributed by atoms with Crippen LogP contribution in [0.15, 0.2) is 51.0 Å². The van der Waals surface area contributed by atoms with E-state index in [2.05, 4.69) is 31.2 Å². The molecule has 0 saturated carbocycles. The van der Waals surface area contributed by atoms with Gasteiger partial charge in [-0.25, -0.2) is 9.97 Å². The number of halogens is 1. The number of thiazole rings is 1. The third-order valence-electron chi connectivity index (χ3n) is 5.99. The van der Waals surface area contributed by atoms with Gasteiger partial charge in [-0.3, -0.25) is 14.9 Å². The molecule has 4 rings (SSSR count). The van der Waals surface area contributed by atoms with Gasteiger partial charge in [0.25, 0.3) is 11.5 Å². The Bertz CT molecular complexity index is 1500. The molecule has 37 heavy (non-hydrogen) atoms. The summed E-state index contributed by atoms with van der Waals surface area (Å²) in [5.41, 5.74) is 2.73. The highest BCUT2D eigenvalue weighted by atomic mass is 79.9. The molecular formula is C25H25BrN4O6S. The molecule has 2 heterocycles. The van der Waals surface area contributed by atoms with Gasteiger partial charge in [-0.2, -0.15) is 0 Å². The maximum absolute atomic E-state index is 13.4. The highest BCUT2D eigenvalue weighted by Gasteiger charge is 2.27. The number of hydrogen-bond donors (Lipinski definition) is 5. The number of fused-ring (bicyclic) bond motifs is 1. The second-order valence-electron chi connectivity index (χ2n) is 8.61. The summed E-state index contributed by atoms with van der Waals surface area (Å²) in [7, 11) is 0. The smallest absolute Gasteiger partial charge is 0.282 e. The topological polar surface area (TPSA) is 158 Å². The molecule has 0 bridgehead atoms. The summed E-state index contributed by atoms with van der Waals surface area (Å²) in [5, 5.41) is 44.1. The fraction of sp³-hybridized carbons (Fsp3) is 0.280. The number of aliphatic hydroxyl groups excluding tert-OH is 4. The zero-order valence-corrected chi connectivity index (χ0v) is 22.3. The standard InChI is InChI=1S/C25H25BrN4O6S/c1-12-7-16-18(8-13(12)2)30(9-19(32)22(34)20(33)10-31)24(36)21(27-16)23(35)29-25-28-17(11-37-25)14-3-5-15(26)6-4-14/h3-8,11,19-20,22,31-34H,9-10H2,1-2H3,(H,28,29,35)/t19-,20+,22-/m0/s1. The Morgan fingerprint density at radius 1 is 1.08 bits per heavy atom. The van der Waals surface area contributed by atoms with E-state index >= 15 is 0 Å². The van der Waals surface area contributed by atoms with Crippen LogP contribution in [-0.4, -0.2) is 65.8 Å². The Morgan fingerprint density at radius 3 is 2.43 bits per heavy atom. The lowest BCUT2D eigenvalue weighted by Crippen LogP contribution is -2.44. The van der Waals surface area contributed by atoms with Crippen LogP contribution in [0.5, 0.6) is 0 Å². The number of aliphatic hydroxyl groups is 4. The van der Waals surface area contributed by atoms with Gasteiger partial charge in [-0.05, 0) is 49.2 Å². The molecule has 10 nitrogen and oxygen atoms in total. The van der Waals surface area contributed by atoms with Gasteiger partial charge in [-0.1, -0.05) is 28.1 Å². The SMILES string of the molecule is Cc1cc2nc(C(=O)Nc3nc(-c4ccc(Br)cc4)cs3)c(=O)n(C[C@H](O)[C@H](O)[C@H](O)CO)c2cc1C. The van der Waals surface area contributed by atoms with E-state index in [1.54, 1.807) is 17.5 Å². The van der Waals surface area contributed by atoms with Gasteiger partial charge in [0, 0.05) is 15.4 Å². The number of aryl methyl sites for hydroxylation is 2. The Balaban J connectivity index is 1.70. The number of nitrogens with one attached hydrogen (secondary N) is 1. The predicted octanol–water partition coefficient (Wildman–Crippen LogP) is 2.23. The molecule has 12 heteroatoms. The number of anilines is 1. The first-order valence-corrected chi connectivity index (χ1v) is 13.0. The van der Waals surface area contributed by atoms with Crippen molar-refractivity contribution in [2.75, 3.05) is 11.9 Å². The average molecular weight is 589 g/mol. The van der Waals surface area contributed by atoms with Gasteiger partial charge >= 0.3 is 0 Å². The van der Waals surface area contributed by atoms with E-state index < -0.39 is 48.6 Å². The number of carbonyl (C=O) groups excluding carboxylic acids is 1. The summed E-state index contributed by atoms with van der Waals surface area (Å²) in [5.74, 6) is -0.777. The van der Waals surface area contributed by atoms with Crippen LogP contribution in [0.2, 0.25) is 0 Å². The molecule has 0 unspecified atom stereocenters. The van der Waals surface area contributed by atoms with Crippen LogP contribution in [-0.2, 0) is 6.54 Å².